The van der Waals surface area contributed by atoms with E-state index in [2.05, 4.69) is 15.0 Å². The van der Waals surface area contributed by atoms with E-state index in [4.69, 9.17) is 20.9 Å². The summed E-state index contributed by atoms with van der Waals surface area (Å²) in [6, 6.07) is 0. The Hall–Kier alpha value is -0.360. The molecule has 158 valence electrons. The first kappa shape index (κ1) is 23.9. The van der Waals surface area contributed by atoms with Gasteiger partial charge in [-0.25, -0.2) is 15.0 Å². The standard InChI is InChI=1S/C16H25ClIN4O5P/c1-4-7-28(25)27-16(2,3)5-6-26-14(10(24)8-23)22-9-19-11-12(17)20-15(18)21-13(11)22/h9-10,14,23-24,28H,4-8H2,1-3H3/t10-,14?/m1/s1. The third kappa shape index (κ3) is 6.32. The van der Waals surface area contributed by atoms with E-state index in [0.717, 1.165) is 6.42 Å². The second-order valence-electron chi connectivity index (χ2n) is 6.85. The summed E-state index contributed by atoms with van der Waals surface area (Å²) in [6.45, 7) is 5.33. The molecule has 0 saturated heterocycles. The lowest BCUT2D eigenvalue weighted by Crippen LogP contribution is -2.32. The molecule has 9 nitrogen and oxygen atoms in total. The maximum atomic E-state index is 11.9. The van der Waals surface area contributed by atoms with Gasteiger partial charge in [-0.05, 0) is 26.7 Å². The zero-order chi connectivity index (χ0) is 20.9. The van der Waals surface area contributed by atoms with Gasteiger partial charge in [0.1, 0.15) is 11.6 Å². The molecule has 0 aliphatic rings. The number of nitrogens with zero attached hydrogens (tertiary/aromatic N) is 4. The van der Waals surface area contributed by atoms with Gasteiger partial charge in [0.05, 0.1) is 25.1 Å². The summed E-state index contributed by atoms with van der Waals surface area (Å²) in [5, 5.41) is 19.9. The van der Waals surface area contributed by atoms with Crippen LogP contribution in [0.2, 0.25) is 5.15 Å². The highest BCUT2D eigenvalue weighted by atomic mass is 127. The Kier molecular flexibility index (Phi) is 9.06. The monoisotopic (exact) mass is 546 g/mol. The molecule has 12 heteroatoms. The fourth-order valence-corrected chi connectivity index (χ4v) is 4.60. The van der Waals surface area contributed by atoms with Crippen LogP contribution in [0.1, 0.15) is 39.8 Å². The molecule has 2 aromatic heterocycles. The minimum atomic E-state index is -2.09. The van der Waals surface area contributed by atoms with E-state index in [1.807, 2.05) is 43.4 Å². The van der Waals surface area contributed by atoms with Gasteiger partial charge >= 0.3 is 0 Å². The van der Waals surface area contributed by atoms with Gasteiger partial charge in [0.2, 0.25) is 0 Å². The highest BCUT2D eigenvalue weighted by Gasteiger charge is 2.27. The van der Waals surface area contributed by atoms with E-state index < -0.39 is 32.6 Å². The summed E-state index contributed by atoms with van der Waals surface area (Å²) >= 11 is 8.04. The van der Waals surface area contributed by atoms with Crippen LogP contribution < -0.4 is 0 Å². The molecule has 0 amide bonds. The number of ether oxygens (including phenoxy) is 1. The molecule has 2 rings (SSSR count). The quantitative estimate of drug-likeness (QED) is 0.191. The number of aromatic nitrogens is 4. The lowest BCUT2D eigenvalue weighted by molar-refractivity contribution is -0.104. The lowest BCUT2D eigenvalue weighted by Gasteiger charge is -2.28. The first-order valence-corrected chi connectivity index (χ1v) is 11.8. The zero-order valence-corrected chi connectivity index (χ0v) is 19.8. The van der Waals surface area contributed by atoms with Gasteiger partial charge in [-0.1, -0.05) is 18.5 Å². The molecule has 28 heavy (non-hydrogen) atoms. The molecule has 0 aliphatic heterocycles. The van der Waals surface area contributed by atoms with Crippen molar-refractivity contribution < 1.29 is 24.0 Å². The number of rotatable bonds is 11. The Balaban J connectivity index is 2.14. The van der Waals surface area contributed by atoms with Crippen molar-refractivity contribution in [3.8, 4) is 0 Å². The number of imidazole rings is 1. The molecule has 2 unspecified atom stereocenters. The predicted molar refractivity (Wildman–Crippen MR) is 115 cm³/mol. The van der Waals surface area contributed by atoms with E-state index >= 15 is 0 Å². The third-order valence-corrected chi connectivity index (χ3v) is 6.41. The van der Waals surface area contributed by atoms with Gasteiger partial charge < -0.3 is 19.5 Å². The minimum absolute atomic E-state index is 0.195. The normalized spacial score (nSPS) is 15.7. The fraction of sp³-hybridized carbons (Fsp3) is 0.688. The number of hydrogen-bond acceptors (Lipinski definition) is 8. The molecule has 0 saturated carbocycles. The topological polar surface area (TPSA) is 120 Å². The molecule has 2 heterocycles. The van der Waals surface area contributed by atoms with E-state index in [9.17, 15) is 14.8 Å². The highest BCUT2D eigenvalue weighted by Crippen LogP contribution is 2.33. The lowest BCUT2D eigenvalue weighted by atomic mass is 10.1. The molecule has 0 aromatic carbocycles. The van der Waals surface area contributed by atoms with E-state index in [1.54, 1.807) is 0 Å². The minimum Gasteiger partial charge on any atom is -0.394 e. The smallest absolute Gasteiger partial charge is 0.194 e. The zero-order valence-electron chi connectivity index (χ0n) is 15.9. The van der Waals surface area contributed by atoms with Gasteiger partial charge in [-0.15, -0.1) is 0 Å². The van der Waals surface area contributed by atoms with Gasteiger partial charge in [-0.2, -0.15) is 0 Å². The van der Waals surface area contributed by atoms with Gasteiger partial charge in [-0.3, -0.25) is 9.13 Å². The first-order valence-electron chi connectivity index (χ1n) is 8.86. The molecule has 0 fully saturated rings. The SMILES string of the molecule is CCC[PH](=O)OC(C)(C)CCOC([C@H](O)CO)n1cnc2c(Cl)nc(I)nc21. The molecule has 3 atom stereocenters. The Morgan fingerprint density at radius 1 is 1.43 bits per heavy atom. The highest BCUT2D eigenvalue weighted by molar-refractivity contribution is 14.1. The molecule has 2 N–H and O–H groups in total. The van der Waals surface area contributed by atoms with Crippen LogP contribution in [-0.2, 0) is 13.8 Å². The predicted octanol–water partition coefficient (Wildman–Crippen LogP) is 3.02. The number of hydrogen-bond donors (Lipinski definition) is 2. The summed E-state index contributed by atoms with van der Waals surface area (Å²) in [5.74, 6) is 0. The van der Waals surface area contributed by atoms with Crippen molar-refractivity contribution in [2.75, 3.05) is 19.4 Å². The van der Waals surface area contributed by atoms with Crippen LogP contribution in [-0.4, -0.2) is 60.8 Å². The van der Waals surface area contributed by atoms with Crippen molar-refractivity contribution >= 4 is 53.4 Å². The maximum Gasteiger partial charge on any atom is 0.194 e. The summed E-state index contributed by atoms with van der Waals surface area (Å²) in [5.41, 5.74) is 0.130. The van der Waals surface area contributed by atoms with Crippen LogP contribution >= 0.6 is 42.2 Å². The Labute approximate surface area is 182 Å². The molecule has 0 aliphatic carbocycles. The van der Waals surface area contributed by atoms with Gasteiger partial charge in [0, 0.05) is 28.8 Å². The van der Waals surface area contributed by atoms with Crippen LogP contribution in [0.3, 0.4) is 0 Å². The van der Waals surface area contributed by atoms with E-state index in [0.29, 0.717) is 27.6 Å². The molecule has 0 spiro atoms. The van der Waals surface area contributed by atoms with Crippen LogP contribution in [0.25, 0.3) is 11.2 Å². The van der Waals surface area contributed by atoms with Crippen molar-refractivity contribution in [1.82, 2.24) is 19.5 Å². The van der Waals surface area contributed by atoms with Gasteiger partial charge in [0.25, 0.3) is 0 Å². The van der Waals surface area contributed by atoms with Crippen LogP contribution in [0, 0.1) is 3.83 Å². The Morgan fingerprint density at radius 2 is 2.14 bits per heavy atom. The summed E-state index contributed by atoms with van der Waals surface area (Å²) < 4.78 is 25.3. The fourth-order valence-electron chi connectivity index (χ4n) is 2.55. The molecular weight excluding hydrogens is 522 g/mol. The van der Waals surface area contributed by atoms with Crippen LogP contribution in [0.15, 0.2) is 6.33 Å². The number of halogens is 2. The average Bonchev–Trinajstić information content (AvgIpc) is 3.01. The second kappa shape index (κ2) is 10.6. The second-order valence-corrected chi connectivity index (χ2v) is 9.62. The summed E-state index contributed by atoms with van der Waals surface area (Å²) in [6.07, 6.45) is 1.09. The van der Waals surface area contributed by atoms with Crippen LogP contribution in [0.5, 0.6) is 0 Å². The first-order chi connectivity index (χ1) is 13.2. The molecule has 2 aromatic rings. The van der Waals surface area contributed by atoms with Gasteiger partial charge in [0.15, 0.2) is 28.9 Å². The molecule has 0 bridgehead atoms. The largest absolute Gasteiger partial charge is 0.394 e. The van der Waals surface area contributed by atoms with Crippen molar-refractivity contribution in [1.29, 1.82) is 0 Å². The Bertz CT molecular complexity index is 822. The molecular formula is C16H25ClIN4O5P. The molecule has 0 radical (unpaired) electrons. The summed E-state index contributed by atoms with van der Waals surface area (Å²) in [7, 11) is -2.09. The van der Waals surface area contributed by atoms with Crippen molar-refractivity contribution in [2.45, 2.75) is 51.5 Å². The van der Waals surface area contributed by atoms with E-state index in [-0.39, 0.29) is 11.8 Å². The third-order valence-electron chi connectivity index (χ3n) is 3.98. The van der Waals surface area contributed by atoms with Crippen molar-refractivity contribution in [3.63, 3.8) is 0 Å². The summed E-state index contributed by atoms with van der Waals surface area (Å²) in [4.78, 5) is 12.5. The van der Waals surface area contributed by atoms with E-state index in [1.165, 1.54) is 10.9 Å². The van der Waals surface area contributed by atoms with Crippen LogP contribution in [0.4, 0.5) is 0 Å². The average molecular weight is 547 g/mol. The van der Waals surface area contributed by atoms with Crippen molar-refractivity contribution in [2.24, 2.45) is 0 Å². The Morgan fingerprint density at radius 3 is 2.79 bits per heavy atom. The number of aliphatic hydroxyl groups excluding tert-OH is 2. The van der Waals surface area contributed by atoms with Crippen molar-refractivity contribution in [3.05, 3.63) is 15.3 Å². The number of fused-ring (bicyclic) bond motifs is 1. The maximum absolute atomic E-state index is 11.9. The number of aliphatic hydroxyl groups is 2.